The zero-order valence-corrected chi connectivity index (χ0v) is 12.1. The second kappa shape index (κ2) is 5.10. The van der Waals surface area contributed by atoms with Crippen LogP contribution in [0.25, 0.3) is 16.4 Å². The van der Waals surface area contributed by atoms with Crippen molar-refractivity contribution in [3.63, 3.8) is 0 Å². The molecule has 0 atom stereocenters. The molecule has 3 rings (SSSR count). The molecule has 20 heavy (non-hydrogen) atoms. The first kappa shape index (κ1) is 12.9. The van der Waals surface area contributed by atoms with E-state index < -0.39 is 0 Å². The molecule has 6 nitrogen and oxygen atoms in total. The fraction of sp³-hybridized carbons (Fsp3) is 0.231. The Morgan fingerprint density at radius 1 is 1.15 bits per heavy atom. The van der Waals surface area contributed by atoms with Crippen LogP contribution >= 0.6 is 11.3 Å². The number of nitrogens with zero attached hydrogens (tertiary/aromatic N) is 5. The average Bonchev–Trinajstić information content (AvgIpc) is 3.05. The SMILES string of the molecule is Cc1nnc(-n2nnc(CN)c2-c2ccccc2C)s1. The maximum absolute atomic E-state index is 5.79. The number of aromatic nitrogens is 5. The summed E-state index contributed by atoms with van der Waals surface area (Å²) in [7, 11) is 0. The lowest BCUT2D eigenvalue weighted by Gasteiger charge is -2.07. The molecule has 2 heterocycles. The van der Waals surface area contributed by atoms with Crippen molar-refractivity contribution in [1.29, 1.82) is 0 Å². The van der Waals surface area contributed by atoms with Gasteiger partial charge in [0.05, 0.1) is 0 Å². The average molecular weight is 286 g/mol. The summed E-state index contributed by atoms with van der Waals surface area (Å²) in [4.78, 5) is 0. The molecule has 0 spiro atoms. The van der Waals surface area contributed by atoms with Crippen LogP contribution in [0, 0.1) is 13.8 Å². The van der Waals surface area contributed by atoms with E-state index >= 15 is 0 Å². The van der Waals surface area contributed by atoms with Crippen molar-refractivity contribution in [2.75, 3.05) is 0 Å². The predicted octanol–water partition coefficient (Wildman–Crippen LogP) is 1.86. The summed E-state index contributed by atoms with van der Waals surface area (Å²) >= 11 is 1.48. The van der Waals surface area contributed by atoms with E-state index in [2.05, 4.69) is 33.5 Å². The minimum Gasteiger partial charge on any atom is -0.325 e. The van der Waals surface area contributed by atoms with Gasteiger partial charge in [-0.15, -0.1) is 15.3 Å². The molecule has 0 amide bonds. The Morgan fingerprint density at radius 3 is 2.60 bits per heavy atom. The zero-order valence-electron chi connectivity index (χ0n) is 11.2. The monoisotopic (exact) mass is 286 g/mol. The summed E-state index contributed by atoms with van der Waals surface area (Å²) in [5, 5.41) is 18.1. The van der Waals surface area contributed by atoms with Crippen LogP contribution in [0.4, 0.5) is 0 Å². The van der Waals surface area contributed by atoms with Crippen molar-refractivity contribution in [3.8, 4) is 16.4 Å². The Hall–Kier alpha value is -2.12. The van der Waals surface area contributed by atoms with E-state index in [-0.39, 0.29) is 0 Å². The lowest BCUT2D eigenvalue weighted by Crippen LogP contribution is -2.03. The Labute approximate surface area is 120 Å². The van der Waals surface area contributed by atoms with E-state index in [1.165, 1.54) is 11.3 Å². The molecular weight excluding hydrogens is 272 g/mol. The topological polar surface area (TPSA) is 82.5 Å². The van der Waals surface area contributed by atoms with Gasteiger partial charge in [-0.2, -0.15) is 4.68 Å². The second-order valence-corrected chi connectivity index (χ2v) is 5.58. The Bertz CT molecular complexity index is 745. The molecule has 0 unspecified atom stereocenters. The fourth-order valence-electron chi connectivity index (χ4n) is 2.06. The molecular formula is C13H14N6S. The van der Waals surface area contributed by atoms with Crippen LogP contribution in [-0.2, 0) is 6.54 Å². The van der Waals surface area contributed by atoms with Gasteiger partial charge in [-0.3, -0.25) is 0 Å². The van der Waals surface area contributed by atoms with Crippen molar-refractivity contribution < 1.29 is 0 Å². The fourth-order valence-corrected chi connectivity index (χ4v) is 2.71. The normalized spacial score (nSPS) is 10.9. The van der Waals surface area contributed by atoms with Crippen LogP contribution < -0.4 is 5.73 Å². The van der Waals surface area contributed by atoms with Crippen molar-refractivity contribution in [1.82, 2.24) is 25.2 Å². The van der Waals surface area contributed by atoms with E-state index in [1.54, 1.807) is 4.68 Å². The number of rotatable bonds is 3. The van der Waals surface area contributed by atoms with Crippen molar-refractivity contribution in [2.24, 2.45) is 5.73 Å². The van der Waals surface area contributed by atoms with E-state index in [0.29, 0.717) is 11.7 Å². The lowest BCUT2D eigenvalue weighted by molar-refractivity contribution is 0.782. The Kier molecular flexibility index (Phi) is 3.29. The first-order valence-electron chi connectivity index (χ1n) is 6.22. The Morgan fingerprint density at radius 2 is 1.95 bits per heavy atom. The van der Waals surface area contributed by atoms with E-state index in [9.17, 15) is 0 Å². The standard InChI is InChI=1S/C13H14N6S/c1-8-5-3-4-6-10(8)12-11(7-14)16-18-19(12)13-17-15-9(2)20-13/h3-6H,7,14H2,1-2H3. The molecule has 0 fully saturated rings. The highest BCUT2D eigenvalue weighted by molar-refractivity contribution is 7.13. The van der Waals surface area contributed by atoms with Gasteiger partial charge in [0.15, 0.2) is 0 Å². The highest BCUT2D eigenvalue weighted by atomic mass is 32.1. The largest absolute Gasteiger partial charge is 0.325 e. The molecule has 1 aromatic carbocycles. The van der Waals surface area contributed by atoms with Gasteiger partial charge < -0.3 is 5.73 Å². The molecule has 0 saturated carbocycles. The lowest BCUT2D eigenvalue weighted by atomic mass is 10.0. The third kappa shape index (κ3) is 2.10. The first-order chi connectivity index (χ1) is 9.70. The summed E-state index contributed by atoms with van der Waals surface area (Å²) in [5.41, 5.74) is 9.64. The van der Waals surface area contributed by atoms with Crippen LogP contribution in [0.3, 0.4) is 0 Å². The van der Waals surface area contributed by atoms with Gasteiger partial charge in [0.2, 0.25) is 5.13 Å². The molecule has 0 saturated heterocycles. The quantitative estimate of drug-likeness (QED) is 0.794. The van der Waals surface area contributed by atoms with Gasteiger partial charge >= 0.3 is 0 Å². The maximum Gasteiger partial charge on any atom is 0.234 e. The third-order valence-electron chi connectivity index (χ3n) is 3.03. The second-order valence-electron chi connectivity index (χ2n) is 4.42. The smallest absolute Gasteiger partial charge is 0.234 e. The molecule has 0 aliphatic rings. The molecule has 102 valence electrons. The van der Waals surface area contributed by atoms with Gasteiger partial charge in [0.25, 0.3) is 0 Å². The van der Waals surface area contributed by atoms with Gasteiger partial charge in [-0.1, -0.05) is 40.8 Å². The summed E-state index contributed by atoms with van der Waals surface area (Å²) in [6, 6.07) is 8.09. The van der Waals surface area contributed by atoms with Gasteiger partial charge in [0, 0.05) is 12.1 Å². The number of hydrogen-bond acceptors (Lipinski definition) is 6. The van der Waals surface area contributed by atoms with E-state index in [1.807, 2.05) is 25.1 Å². The summed E-state index contributed by atoms with van der Waals surface area (Å²) in [6.07, 6.45) is 0. The van der Waals surface area contributed by atoms with Crippen LogP contribution in [-0.4, -0.2) is 25.2 Å². The van der Waals surface area contributed by atoms with Crippen molar-refractivity contribution in [2.45, 2.75) is 20.4 Å². The molecule has 2 aromatic heterocycles. The summed E-state index contributed by atoms with van der Waals surface area (Å²) < 4.78 is 1.72. The number of benzene rings is 1. The van der Waals surface area contributed by atoms with Gasteiger partial charge in [0.1, 0.15) is 16.4 Å². The predicted molar refractivity (Wildman–Crippen MR) is 77.6 cm³/mol. The minimum atomic E-state index is 0.335. The highest BCUT2D eigenvalue weighted by Crippen LogP contribution is 2.28. The molecule has 0 aliphatic heterocycles. The first-order valence-corrected chi connectivity index (χ1v) is 7.03. The molecule has 0 radical (unpaired) electrons. The van der Waals surface area contributed by atoms with Gasteiger partial charge in [-0.25, -0.2) is 0 Å². The minimum absolute atomic E-state index is 0.335. The molecule has 3 aromatic rings. The molecule has 0 aliphatic carbocycles. The van der Waals surface area contributed by atoms with Gasteiger partial charge in [-0.05, 0) is 19.4 Å². The van der Waals surface area contributed by atoms with Crippen LogP contribution in [0.5, 0.6) is 0 Å². The zero-order chi connectivity index (χ0) is 14.1. The number of nitrogens with two attached hydrogens (primary N) is 1. The molecule has 0 bridgehead atoms. The van der Waals surface area contributed by atoms with E-state index in [4.69, 9.17) is 5.73 Å². The highest BCUT2D eigenvalue weighted by Gasteiger charge is 2.18. The summed E-state index contributed by atoms with van der Waals surface area (Å²) in [6.45, 7) is 4.30. The maximum atomic E-state index is 5.79. The van der Waals surface area contributed by atoms with Crippen molar-refractivity contribution in [3.05, 3.63) is 40.5 Å². The van der Waals surface area contributed by atoms with Crippen molar-refractivity contribution >= 4 is 11.3 Å². The van der Waals surface area contributed by atoms with E-state index in [0.717, 1.165) is 27.5 Å². The van der Waals surface area contributed by atoms with Crippen LogP contribution in [0.1, 0.15) is 16.3 Å². The third-order valence-corrected chi connectivity index (χ3v) is 3.84. The number of aryl methyl sites for hydroxylation is 2. The Balaban J connectivity index is 2.23. The summed E-state index contributed by atoms with van der Waals surface area (Å²) in [5.74, 6) is 0. The van der Waals surface area contributed by atoms with Crippen LogP contribution in [0.15, 0.2) is 24.3 Å². The number of hydrogen-bond donors (Lipinski definition) is 1. The molecule has 7 heteroatoms. The van der Waals surface area contributed by atoms with Crippen LogP contribution in [0.2, 0.25) is 0 Å². The molecule has 2 N–H and O–H groups in total.